The number of nitrogens with one attached hydrogen (secondary N) is 1. The topological polar surface area (TPSA) is 55.7 Å². The van der Waals surface area contributed by atoms with Gasteiger partial charge in [0, 0.05) is 19.6 Å². The van der Waals surface area contributed by atoms with Crippen molar-refractivity contribution >= 4 is 0 Å². The van der Waals surface area contributed by atoms with Gasteiger partial charge in [-0.1, -0.05) is 66.2 Å². The third-order valence-corrected chi connectivity index (χ3v) is 4.81. The van der Waals surface area contributed by atoms with Crippen molar-refractivity contribution in [3.05, 3.63) is 0 Å². The number of hydrogen-bond donors (Lipinski definition) is 3. The van der Waals surface area contributed by atoms with Gasteiger partial charge >= 0.3 is 0 Å². The number of nitrogens with zero attached hydrogens (tertiary/aromatic N) is 1. The zero-order valence-electron chi connectivity index (χ0n) is 16.1. The molecule has 3 N–H and O–H groups in total. The summed E-state index contributed by atoms with van der Waals surface area (Å²) < 4.78 is 0. The Bertz CT molecular complexity index is 252. The van der Waals surface area contributed by atoms with Gasteiger partial charge in [-0.3, -0.25) is 5.43 Å². The van der Waals surface area contributed by atoms with Crippen LogP contribution in [0, 0.1) is 11.8 Å². The van der Waals surface area contributed by atoms with Crippen LogP contribution in [0.25, 0.3) is 0 Å². The molecule has 3 atom stereocenters. The van der Waals surface area contributed by atoms with Crippen molar-refractivity contribution in [3.8, 4) is 0 Å². The van der Waals surface area contributed by atoms with Gasteiger partial charge in [0.05, 0.1) is 12.7 Å². The minimum Gasteiger partial charge on any atom is -0.394 e. The molecule has 140 valence electrons. The van der Waals surface area contributed by atoms with Crippen molar-refractivity contribution in [1.82, 2.24) is 10.4 Å². The fraction of sp³-hybridized carbons (Fsp3) is 1.00. The Morgan fingerprint density at radius 2 is 1.43 bits per heavy atom. The van der Waals surface area contributed by atoms with Crippen LogP contribution in [0.5, 0.6) is 0 Å². The monoisotopic (exact) mass is 330 g/mol. The molecular weight excluding hydrogens is 288 g/mol. The first-order valence-electron chi connectivity index (χ1n) is 9.88. The van der Waals surface area contributed by atoms with E-state index in [2.05, 4.69) is 38.1 Å². The van der Waals surface area contributed by atoms with E-state index in [-0.39, 0.29) is 6.61 Å². The van der Waals surface area contributed by atoms with Crippen molar-refractivity contribution in [2.45, 2.75) is 85.2 Å². The zero-order chi connectivity index (χ0) is 17.5. The molecule has 3 unspecified atom stereocenters. The Hall–Kier alpha value is -0.160. The van der Waals surface area contributed by atoms with Gasteiger partial charge in [-0.05, 0) is 24.7 Å². The molecule has 0 aliphatic rings. The summed E-state index contributed by atoms with van der Waals surface area (Å²) in [5, 5.41) is 21.1. The first-order chi connectivity index (χ1) is 11.1. The minimum atomic E-state index is -0.665. The van der Waals surface area contributed by atoms with E-state index >= 15 is 0 Å². The molecule has 0 aromatic heterocycles. The molecule has 0 saturated heterocycles. The van der Waals surface area contributed by atoms with E-state index < -0.39 is 6.10 Å². The number of aliphatic hydroxyl groups is 2. The molecule has 0 fully saturated rings. The molecule has 0 aromatic carbocycles. The van der Waals surface area contributed by atoms with Crippen molar-refractivity contribution in [1.29, 1.82) is 0 Å². The first-order valence-corrected chi connectivity index (χ1v) is 9.88. The van der Waals surface area contributed by atoms with Gasteiger partial charge in [0.2, 0.25) is 0 Å². The summed E-state index contributed by atoms with van der Waals surface area (Å²) in [6, 6.07) is 0. The molecule has 0 spiro atoms. The van der Waals surface area contributed by atoms with Gasteiger partial charge in [0.1, 0.15) is 0 Å². The lowest BCUT2D eigenvalue weighted by molar-refractivity contribution is 0.0297. The summed E-state index contributed by atoms with van der Waals surface area (Å²) in [4.78, 5) is 0. The van der Waals surface area contributed by atoms with Crippen LogP contribution in [0.15, 0.2) is 0 Å². The lowest BCUT2D eigenvalue weighted by atomic mass is 9.98. The van der Waals surface area contributed by atoms with Crippen LogP contribution < -0.4 is 5.43 Å². The van der Waals surface area contributed by atoms with E-state index in [0.29, 0.717) is 18.4 Å². The predicted molar refractivity (Wildman–Crippen MR) is 99.3 cm³/mol. The minimum absolute atomic E-state index is 0.170. The summed E-state index contributed by atoms with van der Waals surface area (Å²) in [5.74, 6) is 1.35. The number of unbranched alkanes of at least 4 members (excludes halogenated alkanes) is 2. The SMILES string of the molecule is CCCCC(CC)CNN(CC(O)CO)CC(CC)CCCC. The summed E-state index contributed by atoms with van der Waals surface area (Å²) in [6.07, 6.45) is 9.24. The predicted octanol–water partition coefficient (Wildman–Crippen LogP) is 3.58. The van der Waals surface area contributed by atoms with E-state index in [9.17, 15) is 5.11 Å². The van der Waals surface area contributed by atoms with Gasteiger partial charge in [-0.15, -0.1) is 0 Å². The second kappa shape index (κ2) is 15.4. The highest BCUT2D eigenvalue weighted by Crippen LogP contribution is 2.15. The maximum absolute atomic E-state index is 9.82. The van der Waals surface area contributed by atoms with Crippen molar-refractivity contribution in [2.24, 2.45) is 11.8 Å². The van der Waals surface area contributed by atoms with Crippen LogP contribution >= 0.6 is 0 Å². The van der Waals surface area contributed by atoms with Gasteiger partial charge < -0.3 is 10.2 Å². The average molecular weight is 331 g/mol. The van der Waals surface area contributed by atoms with E-state index in [1.165, 1.54) is 51.4 Å². The number of hydrogen-bond acceptors (Lipinski definition) is 4. The summed E-state index contributed by atoms with van der Waals surface area (Å²) in [5.41, 5.74) is 3.55. The molecule has 0 radical (unpaired) electrons. The smallest absolute Gasteiger partial charge is 0.0911 e. The Morgan fingerprint density at radius 1 is 0.870 bits per heavy atom. The van der Waals surface area contributed by atoms with E-state index in [0.717, 1.165) is 13.1 Å². The maximum atomic E-state index is 9.82. The molecule has 0 saturated carbocycles. The van der Waals surface area contributed by atoms with Crippen LogP contribution in [0.4, 0.5) is 0 Å². The van der Waals surface area contributed by atoms with Crippen molar-refractivity contribution in [3.63, 3.8) is 0 Å². The van der Waals surface area contributed by atoms with Crippen LogP contribution in [0.1, 0.15) is 79.1 Å². The highest BCUT2D eigenvalue weighted by atomic mass is 16.3. The second-order valence-electron chi connectivity index (χ2n) is 6.94. The van der Waals surface area contributed by atoms with Gasteiger partial charge in [0.25, 0.3) is 0 Å². The van der Waals surface area contributed by atoms with Crippen LogP contribution in [0.2, 0.25) is 0 Å². The van der Waals surface area contributed by atoms with Crippen molar-refractivity contribution < 1.29 is 10.2 Å². The second-order valence-corrected chi connectivity index (χ2v) is 6.94. The molecule has 4 nitrogen and oxygen atoms in total. The van der Waals surface area contributed by atoms with E-state index in [1.54, 1.807) is 0 Å². The number of aliphatic hydroxyl groups excluding tert-OH is 2. The number of rotatable bonds is 16. The highest BCUT2D eigenvalue weighted by molar-refractivity contribution is 4.68. The quantitative estimate of drug-likeness (QED) is 0.379. The normalized spacial score (nSPS) is 15.8. The summed E-state index contributed by atoms with van der Waals surface area (Å²) >= 11 is 0. The van der Waals surface area contributed by atoms with Crippen molar-refractivity contribution in [2.75, 3.05) is 26.2 Å². The lowest BCUT2D eigenvalue weighted by Crippen LogP contribution is -2.47. The molecular formula is C19H42N2O2. The van der Waals surface area contributed by atoms with E-state index in [4.69, 9.17) is 5.11 Å². The molecule has 4 heteroatoms. The van der Waals surface area contributed by atoms with Crippen LogP contribution in [-0.4, -0.2) is 47.6 Å². The van der Waals surface area contributed by atoms with Gasteiger partial charge in [-0.2, -0.15) is 0 Å². The molecule has 0 rings (SSSR count). The molecule has 0 heterocycles. The molecule has 0 aliphatic carbocycles. The largest absolute Gasteiger partial charge is 0.394 e. The fourth-order valence-electron chi connectivity index (χ4n) is 2.95. The fourth-order valence-corrected chi connectivity index (χ4v) is 2.95. The van der Waals surface area contributed by atoms with Crippen LogP contribution in [0.3, 0.4) is 0 Å². The summed E-state index contributed by atoms with van der Waals surface area (Å²) in [7, 11) is 0. The van der Waals surface area contributed by atoms with Gasteiger partial charge in [0.15, 0.2) is 0 Å². The molecule has 0 aliphatic heterocycles. The summed E-state index contributed by atoms with van der Waals surface area (Å²) in [6.45, 7) is 11.2. The Kier molecular flexibility index (Phi) is 15.3. The first kappa shape index (κ1) is 22.8. The zero-order valence-corrected chi connectivity index (χ0v) is 16.1. The molecule has 0 aromatic rings. The molecule has 0 bridgehead atoms. The lowest BCUT2D eigenvalue weighted by Gasteiger charge is -2.30. The van der Waals surface area contributed by atoms with Crippen LogP contribution in [-0.2, 0) is 0 Å². The highest BCUT2D eigenvalue weighted by Gasteiger charge is 2.17. The Balaban J connectivity index is 4.46. The Labute approximate surface area is 144 Å². The molecule has 23 heavy (non-hydrogen) atoms. The third kappa shape index (κ3) is 11.9. The maximum Gasteiger partial charge on any atom is 0.0911 e. The Morgan fingerprint density at radius 3 is 1.91 bits per heavy atom. The van der Waals surface area contributed by atoms with Gasteiger partial charge in [-0.25, -0.2) is 5.01 Å². The van der Waals surface area contributed by atoms with E-state index in [1.807, 2.05) is 0 Å². The standard InChI is InChI=1S/C19H42N2O2/c1-5-9-11-17(7-3)13-20-21(15-19(23)16-22)14-18(8-4)12-10-6-2/h17-20,22-23H,5-16H2,1-4H3. The molecule has 0 amide bonds. The number of hydrazine groups is 1. The third-order valence-electron chi connectivity index (χ3n) is 4.81. The average Bonchev–Trinajstić information content (AvgIpc) is 2.57.